The van der Waals surface area contributed by atoms with E-state index in [2.05, 4.69) is 20.3 Å². The Morgan fingerprint density at radius 2 is 2.11 bits per heavy atom. The van der Waals surface area contributed by atoms with E-state index in [1.54, 1.807) is 25.6 Å². The summed E-state index contributed by atoms with van der Waals surface area (Å²) >= 11 is 1.48. The molecule has 0 spiro atoms. The molecule has 0 unspecified atom stereocenters. The maximum atomic E-state index is 12.2. The molecule has 0 atom stereocenters. The molecule has 3 rings (SSSR count). The van der Waals surface area contributed by atoms with Gasteiger partial charge in [-0.2, -0.15) is 0 Å². The molecule has 1 N–H and O–H groups in total. The molecule has 0 aromatic carbocycles. The second kappa shape index (κ2) is 9.75. The number of ether oxygens (including phenoxy) is 2. The summed E-state index contributed by atoms with van der Waals surface area (Å²) in [5.74, 6) is 0.444. The van der Waals surface area contributed by atoms with Crippen LogP contribution in [0.4, 0.5) is 0 Å². The van der Waals surface area contributed by atoms with Crippen molar-refractivity contribution in [2.45, 2.75) is 13.0 Å². The van der Waals surface area contributed by atoms with Crippen LogP contribution in [0.1, 0.15) is 11.3 Å². The van der Waals surface area contributed by atoms with Crippen molar-refractivity contribution >= 4 is 17.2 Å². The van der Waals surface area contributed by atoms with Crippen LogP contribution in [0.2, 0.25) is 0 Å². The van der Waals surface area contributed by atoms with E-state index >= 15 is 0 Å². The van der Waals surface area contributed by atoms with E-state index in [-0.39, 0.29) is 12.3 Å². The molecule has 3 heterocycles. The van der Waals surface area contributed by atoms with Gasteiger partial charge >= 0.3 is 0 Å². The summed E-state index contributed by atoms with van der Waals surface area (Å²) < 4.78 is 10.3. The van der Waals surface area contributed by atoms with Gasteiger partial charge in [-0.15, -0.1) is 11.3 Å². The molecule has 7 nitrogen and oxygen atoms in total. The summed E-state index contributed by atoms with van der Waals surface area (Å²) in [4.78, 5) is 25.1. The van der Waals surface area contributed by atoms with E-state index < -0.39 is 0 Å². The Bertz CT molecular complexity index is 853. The molecule has 0 fully saturated rings. The molecule has 0 radical (unpaired) electrons. The van der Waals surface area contributed by atoms with Crippen LogP contribution in [0.15, 0.2) is 48.1 Å². The Balaban J connectivity index is 1.46. The lowest BCUT2D eigenvalue weighted by Crippen LogP contribution is -2.24. The molecule has 0 bridgehead atoms. The molecule has 8 heteroatoms. The van der Waals surface area contributed by atoms with Crippen molar-refractivity contribution < 1.29 is 14.3 Å². The van der Waals surface area contributed by atoms with Gasteiger partial charge in [-0.05, 0) is 17.7 Å². The van der Waals surface area contributed by atoms with Crippen molar-refractivity contribution in [3.8, 4) is 16.6 Å². The van der Waals surface area contributed by atoms with E-state index in [0.717, 1.165) is 22.0 Å². The summed E-state index contributed by atoms with van der Waals surface area (Å²) in [6.45, 7) is 1.37. The number of methoxy groups -OCH3 is 1. The van der Waals surface area contributed by atoms with Crippen LogP contribution in [0.5, 0.6) is 5.88 Å². The molecule has 0 saturated heterocycles. The van der Waals surface area contributed by atoms with Crippen LogP contribution in [0.25, 0.3) is 10.7 Å². The second-order valence-electron chi connectivity index (χ2n) is 5.66. The smallest absolute Gasteiger partial charge is 0.226 e. The van der Waals surface area contributed by atoms with Crippen molar-refractivity contribution in [2.24, 2.45) is 0 Å². The molecular formula is C19H20N4O3S. The maximum Gasteiger partial charge on any atom is 0.226 e. The summed E-state index contributed by atoms with van der Waals surface area (Å²) in [5, 5.41) is 5.58. The summed E-state index contributed by atoms with van der Waals surface area (Å²) in [6.07, 6.45) is 3.64. The highest BCUT2D eigenvalue weighted by Crippen LogP contribution is 2.21. The van der Waals surface area contributed by atoms with Crippen LogP contribution in [-0.2, 0) is 22.5 Å². The predicted octanol–water partition coefficient (Wildman–Crippen LogP) is 2.48. The average molecular weight is 384 g/mol. The van der Waals surface area contributed by atoms with Gasteiger partial charge in [-0.1, -0.05) is 12.1 Å². The summed E-state index contributed by atoms with van der Waals surface area (Å²) in [7, 11) is 1.62. The zero-order valence-electron chi connectivity index (χ0n) is 14.9. The quantitative estimate of drug-likeness (QED) is 0.571. The van der Waals surface area contributed by atoms with Crippen molar-refractivity contribution in [3.63, 3.8) is 0 Å². The van der Waals surface area contributed by atoms with Crippen LogP contribution in [0.3, 0.4) is 0 Å². The topological polar surface area (TPSA) is 86.2 Å². The highest BCUT2D eigenvalue weighted by Gasteiger charge is 2.09. The molecule has 0 saturated carbocycles. The lowest BCUT2D eigenvalue weighted by molar-refractivity contribution is -0.120. The molecular weight excluding hydrogens is 364 g/mol. The van der Waals surface area contributed by atoms with Gasteiger partial charge in [0, 0.05) is 37.5 Å². The standard InChI is InChI=1S/C19H20N4O3S/c1-25-8-9-26-18-6-5-14(12-22-18)11-21-17(24)10-15-13-27-19(23-15)16-4-2-3-7-20-16/h2-7,12-13H,8-11H2,1H3,(H,21,24). The molecule has 27 heavy (non-hydrogen) atoms. The van der Waals surface area contributed by atoms with Gasteiger partial charge in [0.1, 0.15) is 11.6 Å². The number of thiazole rings is 1. The third-order valence-electron chi connectivity index (χ3n) is 3.60. The predicted molar refractivity (Wildman–Crippen MR) is 103 cm³/mol. The maximum absolute atomic E-state index is 12.2. The van der Waals surface area contributed by atoms with E-state index in [1.807, 2.05) is 29.6 Å². The zero-order valence-corrected chi connectivity index (χ0v) is 15.7. The molecule has 140 valence electrons. The van der Waals surface area contributed by atoms with Crippen LogP contribution >= 0.6 is 11.3 Å². The molecule has 0 aliphatic heterocycles. The number of pyridine rings is 2. The number of hydrogen-bond donors (Lipinski definition) is 1. The Labute approximate surface area is 161 Å². The van der Waals surface area contributed by atoms with E-state index in [4.69, 9.17) is 9.47 Å². The largest absolute Gasteiger partial charge is 0.475 e. The number of carbonyl (C=O) groups excluding carboxylic acids is 1. The third-order valence-corrected chi connectivity index (χ3v) is 4.52. The Morgan fingerprint density at radius 1 is 1.19 bits per heavy atom. The van der Waals surface area contributed by atoms with E-state index in [0.29, 0.717) is 25.6 Å². The number of aromatic nitrogens is 3. The monoisotopic (exact) mass is 384 g/mol. The summed E-state index contributed by atoms with van der Waals surface area (Å²) in [6, 6.07) is 9.32. The molecule has 0 aliphatic carbocycles. The Morgan fingerprint density at radius 3 is 2.85 bits per heavy atom. The van der Waals surface area contributed by atoms with Crippen molar-refractivity contribution in [3.05, 3.63) is 59.4 Å². The van der Waals surface area contributed by atoms with Gasteiger partial charge in [0.05, 0.1) is 24.4 Å². The zero-order chi connectivity index (χ0) is 18.9. The Kier molecular flexibility index (Phi) is 6.84. The highest BCUT2D eigenvalue weighted by atomic mass is 32.1. The lowest BCUT2D eigenvalue weighted by Gasteiger charge is -2.06. The number of nitrogens with zero attached hydrogens (tertiary/aromatic N) is 3. The number of hydrogen-bond acceptors (Lipinski definition) is 7. The number of nitrogens with one attached hydrogen (secondary N) is 1. The van der Waals surface area contributed by atoms with Crippen molar-refractivity contribution in [2.75, 3.05) is 20.3 Å². The van der Waals surface area contributed by atoms with Gasteiger partial charge in [0.2, 0.25) is 11.8 Å². The van der Waals surface area contributed by atoms with Gasteiger partial charge in [-0.25, -0.2) is 9.97 Å². The van der Waals surface area contributed by atoms with Gasteiger partial charge in [0.15, 0.2) is 0 Å². The molecule has 0 aliphatic rings. The minimum Gasteiger partial charge on any atom is -0.475 e. The van der Waals surface area contributed by atoms with Crippen LogP contribution < -0.4 is 10.1 Å². The van der Waals surface area contributed by atoms with Crippen LogP contribution in [0, 0.1) is 0 Å². The molecule has 3 aromatic rings. The number of rotatable bonds is 9. The lowest BCUT2D eigenvalue weighted by atomic mass is 10.2. The minimum absolute atomic E-state index is 0.0895. The minimum atomic E-state index is -0.0895. The van der Waals surface area contributed by atoms with Crippen LogP contribution in [-0.4, -0.2) is 41.2 Å². The Hall–Kier alpha value is -2.84. The normalized spacial score (nSPS) is 10.6. The fourth-order valence-corrected chi connectivity index (χ4v) is 3.05. The fraction of sp³-hybridized carbons (Fsp3) is 0.263. The first-order valence-corrected chi connectivity index (χ1v) is 9.32. The number of carbonyl (C=O) groups is 1. The first kappa shape index (κ1) is 18.9. The first-order valence-electron chi connectivity index (χ1n) is 8.44. The summed E-state index contributed by atoms with van der Waals surface area (Å²) in [5.41, 5.74) is 2.45. The van der Waals surface area contributed by atoms with E-state index in [9.17, 15) is 4.79 Å². The second-order valence-corrected chi connectivity index (χ2v) is 6.52. The average Bonchev–Trinajstić information content (AvgIpc) is 3.17. The van der Waals surface area contributed by atoms with Crippen molar-refractivity contribution in [1.82, 2.24) is 20.3 Å². The number of amides is 1. The fourth-order valence-electron chi connectivity index (χ4n) is 2.25. The van der Waals surface area contributed by atoms with Crippen molar-refractivity contribution in [1.29, 1.82) is 0 Å². The molecule has 3 aromatic heterocycles. The third kappa shape index (κ3) is 5.83. The van der Waals surface area contributed by atoms with Gasteiger partial charge in [-0.3, -0.25) is 9.78 Å². The SMILES string of the molecule is COCCOc1ccc(CNC(=O)Cc2csc(-c3ccccn3)n2)cn1. The highest BCUT2D eigenvalue weighted by molar-refractivity contribution is 7.13. The van der Waals surface area contributed by atoms with E-state index in [1.165, 1.54) is 11.3 Å². The van der Waals surface area contributed by atoms with Gasteiger partial charge in [0.25, 0.3) is 0 Å². The first-order chi connectivity index (χ1) is 13.2. The molecule has 1 amide bonds. The van der Waals surface area contributed by atoms with Gasteiger partial charge < -0.3 is 14.8 Å².